The van der Waals surface area contributed by atoms with Crippen LogP contribution in [-0.2, 0) is 16.1 Å². The monoisotopic (exact) mass is 514 g/mol. The van der Waals surface area contributed by atoms with Crippen molar-refractivity contribution < 1.29 is 19.5 Å². The highest BCUT2D eigenvalue weighted by Gasteiger charge is 2.23. The van der Waals surface area contributed by atoms with E-state index < -0.39 is 17.9 Å². The Labute approximate surface area is 214 Å². The number of carboxylic acids is 1. The number of rotatable bonds is 12. The molecule has 1 saturated heterocycles. The zero-order valence-electron chi connectivity index (χ0n) is 19.5. The lowest BCUT2D eigenvalue weighted by Crippen LogP contribution is -2.43. The van der Waals surface area contributed by atoms with Gasteiger partial charge < -0.3 is 21.1 Å². The number of hydrogen-bond acceptors (Lipinski definition) is 6. The third kappa shape index (κ3) is 8.05. The molecular weight excluding hydrogens is 484 g/mol. The van der Waals surface area contributed by atoms with Gasteiger partial charge in [0.05, 0.1) is 11.2 Å². The summed E-state index contributed by atoms with van der Waals surface area (Å²) >= 11 is 6.95. The molecule has 0 saturated carbocycles. The number of thioether (sulfide) groups is 1. The summed E-state index contributed by atoms with van der Waals surface area (Å²) in [5, 5.41) is 21.4. The normalized spacial score (nSPS) is 15.8. The lowest BCUT2D eigenvalue weighted by Gasteiger charge is -2.17. The summed E-state index contributed by atoms with van der Waals surface area (Å²) in [6.45, 7) is 0.906. The summed E-state index contributed by atoms with van der Waals surface area (Å²) in [5.74, 6) is -0.795. The van der Waals surface area contributed by atoms with Gasteiger partial charge in [-0.2, -0.15) is 11.8 Å². The van der Waals surface area contributed by atoms with Gasteiger partial charge >= 0.3 is 5.97 Å². The van der Waals surface area contributed by atoms with Crippen molar-refractivity contribution in [3.05, 3.63) is 59.7 Å². The van der Waals surface area contributed by atoms with Crippen LogP contribution in [0.1, 0.15) is 35.2 Å². The van der Waals surface area contributed by atoms with E-state index >= 15 is 0 Å². The molecular formula is C25H30N4O4S2. The molecule has 8 nitrogen and oxygen atoms in total. The summed E-state index contributed by atoms with van der Waals surface area (Å²) in [6.07, 6.45) is 3.45. The van der Waals surface area contributed by atoms with Gasteiger partial charge in [-0.15, -0.1) is 0 Å². The fourth-order valence-electron chi connectivity index (χ4n) is 3.73. The summed E-state index contributed by atoms with van der Waals surface area (Å²) in [6, 6.07) is 14.0. The second-order valence-electron chi connectivity index (χ2n) is 8.21. The molecule has 1 fully saturated rings. The highest BCUT2D eigenvalue weighted by molar-refractivity contribution is 7.98. The molecule has 2 atom stereocenters. The first kappa shape index (κ1) is 26.7. The van der Waals surface area contributed by atoms with E-state index in [1.54, 1.807) is 6.07 Å². The number of hydrogen-bond donors (Lipinski definition) is 5. The third-order valence-electron chi connectivity index (χ3n) is 5.62. The Morgan fingerprint density at radius 2 is 2.00 bits per heavy atom. The maximum absolute atomic E-state index is 13.1. The van der Waals surface area contributed by atoms with Crippen molar-refractivity contribution in [2.24, 2.45) is 0 Å². The quantitative estimate of drug-likeness (QED) is 0.274. The highest BCUT2D eigenvalue weighted by Crippen LogP contribution is 2.25. The van der Waals surface area contributed by atoms with E-state index in [1.165, 1.54) is 11.8 Å². The van der Waals surface area contributed by atoms with Gasteiger partial charge in [0.15, 0.2) is 0 Å². The maximum atomic E-state index is 13.1. The Morgan fingerprint density at radius 3 is 2.66 bits per heavy atom. The zero-order valence-corrected chi connectivity index (χ0v) is 21.1. The van der Waals surface area contributed by atoms with E-state index in [0.29, 0.717) is 47.8 Å². The van der Waals surface area contributed by atoms with Gasteiger partial charge in [0.2, 0.25) is 5.91 Å². The van der Waals surface area contributed by atoms with Crippen LogP contribution in [-0.4, -0.2) is 58.6 Å². The summed E-state index contributed by atoms with van der Waals surface area (Å²) in [4.78, 5) is 36.6. The molecule has 0 aliphatic carbocycles. The van der Waals surface area contributed by atoms with Crippen LogP contribution < -0.4 is 21.3 Å². The van der Waals surface area contributed by atoms with E-state index in [1.807, 2.05) is 48.7 Å². The molecule has 0 bridgehead atoms. The van der Waals surface area contributed by atoms with E-state index in [-0.39, 0.29) is 12.1 Å². The Balaban J connectivity index is 1.70. The molecule has 0 unspecified atom stereocenters. The summed E-state index contributed by atoms with van der Waals surface area (Å²) in [5.41, 5.74) is 2.91. The Hall–Kier alpha value is -2.95. The van der Waals surface area contributed by atoms with Crippen molar-refractivity contribution in [1.82, 2.24) is 21.3 Å². The minimum atomic E-state index is -1.05. The molecule has 0 spiro atoms. The molecule has 2 amide bonds. The first-order valence-corrected chi connectivity index (χ1v) is 13.2. The molecule has 0 radical (unpaired) electrons. The zero-order chi connectivity index (χ0) is 25.2. The second kappa shape index (κ2) is 13.2. The Morgan fingerprint density at radius 1 is 1.23 bits per heavy atom. The predicted molar refractivity (Wildman–Crippen MR) is 142 cm³/mol. The van der Waals surface area contributed by atoms with Crippen molar-refractivity contribution in [1.29, 1.82) is 0 Å². The van der Waals surface area contributed by atoms with Crippen LogP contribution in [0.15, 0.2) is 48.5 Å². The molecule has 1 heterocycles. The average molecular weight is 515 g/mol. The number of thiocarbonyl (C=S) groups is 1. The largest absolute Gasteiger partial charge is 0.480 e. The second-order valence-corrected chi connectivity index (χ2v) is 9.69. The number of carbonyl (C=O) groups excluding carboxylic acids is 2. The number of carboxylic acid groups (broad SMARTS) is 1. The van der Waals surface area contributed by atoms with Gasteiger partial charge in [-0.25, -0.2) is 4.79 Å². The first-order valence-electron chi connectivity index (χ1n) is 11.4. The number of carbonyl (C=O) groups is 3. The van der Waals surface area contributed by atoms with Crippen molar-refractivity contribution >= 4 is 46.8 Å². The molecule has 2 aromatic carbocycles. The van der Waals surface area contributed by atoms with Crippen LogP contribution in [0.25, 0.3) is 11.1 Å². The topological polar surface area (TPSA) is 120 Å². The van der Waals surface area contributed by atoms with Crippen molar-refractivity contribution in [3.8, 4) is 11.1 Å². The third-order valence-corrected chi connectivity index (χ3v) is 6.55. The van der Waals surface area contributed by atoms with Crippen molar-refractivity contribution in [3.63, 3.8) is 0 Å². The SMILES string of the molecule is CSCC[C@H](NC(=O)c1ccc(CNC(=S)CN[C@@H]2CCC(=O)N2)cc1-c1ccccc1)C(=O)O. The number of aliphatic carboxylic acids is 1. The number of nitrogens with one attached hydrogen (secondary N) is 4. The molecule has 35 heavy (non-hydrogen) atoms. The smallest absolute Gasteiger partial charge is 0.326 e. The minimum Gasteiger partial charge on any atom is -0.480 e. The molecule has 1 aliphatic rings. The van der Waals surface area contributed by atoms with Crippen LogP contribution in [0.3, 0.4) is 0 Å². The molecule has 0 aromatic heterocycles. The van der Waals surface area contributed by atoms with Gasteiger partial charge in [-0.05, 0) is 53.7 Å². The van der Waals surface area contributed by atoms with Gasteiger partial charge in [-0.3, -0.25) is 14.9 Å². The predicted octanol–water partition coefficient (Wildman–Crippen LogP) is 2.53. The fourth-order valence-corrected chi connectivity index (χ4v) is 4.36. The van der Waals surface area contributed by atoms with E-state index in [4.69, 9.17) is 12.2 Å². The van der Waals surface area contributed by atoms with Gasteiger partial charge in [0.25, 0.3) is 5.91 Å². The van der Waals surface area contributed by atoms with Crippen molar-refractivity contribution in [2.75, 3.05) is 18.6 Å². The Kier molecular flexibility index (Phi) is 10.1. The van der Waals surface area contributed by atoms with E-state index in [0.717, 1.165) is 17.5 Å². The van der Waals surface area contributed by atoms with Gasteiger partial charge in [0.1, 0.15) is 6.04 Å². The van der Waals surface area contributed by atoms with Crippen LogP contribution in [0.2, 0.25) is 0 Å². The van der Waals surface area contributed by atoms with Crippen LogP contribution in [0.5, 0.6) is 0 Å². The molecule has 10 heteroatoms. The fraction of sp³-hybridized carbons (Fsp3) is 0.360. The minimum absolute atomic E-state index is 0.0397. The standard InChI is InChI=1S/C25H30N4O4S2/c1-35-12-11-20(25(32)33)28-24(31)18-8-7-16(13-19(18)17-5-3-2-4-6-17)14-27-23(34)15-26-21-9-10-22(30)29-21/h2-8,13,20-21,26H,9-12,14-15H2,1H3,(H,27,34)(H,28,31)(H,29,30)(H,32,33)/t20-,21-/m0/s1. The molecule has 1 aliphatic heterocycles. The average Bonchev–Trinajstić information content (AvgIpc) is 3.29. The molecule has 5 N–H and O–H groups in total. The van der Waals surface area contributed by atoms with Crippen LogP contribution in [0, 0.1) is 0 Å². The van der Waals surface area contributed by atoms with E-state index in [2.05, 4.69) is 21.3 Å². The number of benzene rings is 2. The maximum Gasteiger partial charge on any atom is 0.326 e. The first-order chi connectivity index (χ1) is 16.9. The summed E-state index contributed by atoms with van der Waals surface area (Å²) < 4.78 is 0. The number of amides is 2. The molecule has 2 aromatic rings. The Bertz CT molecular complexity index is 1060. The lowest BCUT2D eigenvalue weighted by atomic mass is 9.96. The lowest BCUT2D eigenvalue weighted by molar-refractivity contribution is -0.139. The molecule has 3 rings (SSSR count). The van der Waals surface area contributed by atoms with Gasteiger partial charge in [-0.1, -0.05) is 48.6 Å². The van der Waals surface area contributed by atoms with Crippen LogP contribution >= 0.6 is 24.0 Å². The molecule has 186 valence electrons. The van der Waals surface area contributed by atoms with Crippen molar-refractivity contribution in [2.45, 2.75) is 38.0 Å². The highest BCUT2D eigenvalue weighted by atomic mass is 32.2. The summed E-state index contributed by atoms with van der Waals surface area (Å²) in [7, 11) is 0. The van der Waals surface area contributed by atoms with E-state index in [9.17, 15) is 19.5 Å². The van der Waals surface area contributed by atoms with Crippen LogP contribution in [0.4, 0.5) is 0 Å². The van der Waals surface area contributed by atoms with Gasteiger partial charge in [0, 0.05) is 25.1 Å².